The zero-order chi connectivity index (χ0) is 28.6. The zero-order valence-electron chi connectivity index (χ0n) is 22.9. The Morgan fingerprint density at radius 1 is 1.00 bits per heavy atom. The van der Waals surface area contributed by atoms with E-state index in [-0.39, 0.29) is 49.5 Å². The second kappa shape index (κ2) is 13.4. The Balaban J connectivity index is 1.56. The molecule has 10 heteroatoms. The van der Waals surface area contributed by atoms with Gasteiger partial charge in [0.2, 0.25) is 0 Å². The van der Waals surface area contributed by atoms with E-state index in [0.29, 0.717) is 35.3 Å². The Morgan fingerprint density at radius 2 is 1.73 bits per heavy atom. The van der Waals surface area contributed by atoms with E-state index in [9.17, 15) is 14.4 Å². The molecule has 40 heavy (non-hydrogen) atoms. The van der Waals surface area contributed by atoms with Gasteiger partial charge in [-0.1, -0.05) is 55.3 Å². The smallest absolute Gasteiger partial charge is 0.342 e. The van der Waals surface area contributed by atoms with Crippen molar-refractivity contribution in [1.82, 2.24) is 19.8 Å². The molecular weight excluding hydrogens is 532 g/mol. The lowest BCUT2D eigenvalue weighted by Crippen LogP contribution is -2.56. The van der Waals surface area contributed by atoms with Crippen molar-refractivity contribution in [3.63, 3.8) is 0 Å². The maximum atomic E-state index is 13.9. The van der Waals surface area contributed by atoms with Gasteiger partial charge in [0, 0.05) is 36.3 Å². The molecule has 0 N–H and O–H groups in total. The SMILES string of the molecule is CCCc1nc(-c2ccccc2)nc(C(=O)N2CCN(C(=O)COc3ccc(Cl)cc3)C(C)C2)c1C(=O)OCC. The van der Waals surface area contributed by atoms with E-state index in [0.717, 1.165) is 12.0 Å². The Bertz CT molecular complexity index is 1350. The average molecular weight is 565 g/mol. The predicted molar refractivity (Wildman–Crippen MR) is 151 cm³/mol. The summed E-state index contributed by atoms with van der Waals surface area (Å²) in [6.07, 6.45) is 1.21. The number of carbonyl (C=O) groups excluding carboxylic acids is 3. The number of rotatable bonds is 9. The topological polar surface area (TPSA) is 102 Å². The summed E-state index contributed by atoms with van der Waals surface area (Å²) in [5.41, 5.74) is 1.36. The summed E-state index contributed by atoms with van der Waals surface area (Å²) >= 11 is 5.91. The van der Waals surface area contributed by atoms with Gasteiger partial charge >= 0.3 is 5.97 Å². The van der Waals surface area contributed by atoms with E-state index in [1.165, 1.54) is 0 Å². The molecule has 2 amide bonds. The number of amides is 2. The van der Waals surface area contributed by atoms with Crippen LogP contribution in [0.2, 0.25) is 5.02 Å². The third kappa shape index (κ3) is 6.77. The summed E-state index contributed by atoms with van der Waals surface area (Å²) < 4.78 is 10.9. The molecule has 3 aromatic rings. The summed E-state index contributed by atoms with van der Waals surface area (Å²) in [4.78, 5) is 52.5. The number of aryl methyl sites for hydroxylation is 1. The molecule has 0 saturated carbocycles. The molecule has 0 aliphatic carbocycles. The minimum atomic E-state index is -0.616. The number of esters is 1. The summed E-state index contributed by atoms with van der Waals surface area (Å²) in [6.45, 7) is 6.50. The van der Waals surface area contributed by atoms with Gasteiger partial charge in [0.25, 0.3) is 11.8 Å². The Hall–Kier alpha value is -3.98. The third-order valence-electron chi connectivity index (χ3n) is 6.60. The lowest BCUT2D eigenvalue weighted by molar-refractivity contribution is -0.137. The standard InChI is InChI=1S/C30H33ClN4O5/c1-4-9-24-26(30(38)39-5-2)27(33-28(32-24)21-10-7-6-8-11-21)29(37)34-16-17-35(20(3)18-34)25(36)19-40-23-14-12-22(31)13-15-23/h6-8,10-15,20H,4-5,9,16-19H2,1-3H3. The van der Waals surface area contributed by atoms with E-state index in [2.05, 4.69) is 9.97 Å². The number of ether oxygens (including phenoxy) is 2. The van der Waals surface area contributed by atoms with E-state index in [1.54, 1.807) is 41.0 Å². The maximum absolute atomic E-state index is 13.9. The van der Waals surface area contributed by atoms with Crippen molar-refractivity contribution >= 4 is 29.4 Å². The van der Waals surface area contributed by atoms with Crippen molar-refractivity contribution in [3.8, 4) is 17.1 Å². The molecule has 2 heterocycles. The van der Waals surface area contributed by atoms with Crippen molar-refractivity contribution in [2.75, 3.05) is 32.8 Å². The molecule has 9 nitrogen and oxygen atoms in total. The molecule has 210 valence electrons. The van der Waals surface area contributed by atoms with Gasteiger partial charge in [-0.25, -0.2) is 14.8 Å². The zero-order valence-corrected chi connectivity index (χ0v) is 23.7. The summed E-state index contributed by atoms with van der Waals surface area (Å²) in [5.74, 6) is -0.264. The quantitative estimate of drug-likeness (QED) is 0.348. The van der Waals surface area contributed by atoms with Crippen molar-refractivity contribution in [1.29, 1.82) is 0 Å². The second-order valence-corrected chi connectivity index (χ2v) is 9.92. The van der Waals surface area contributed by atoms with Gasteiger partial charge in [-0.05, 0) is 44.5 Å². The fourth-order valence-electron chi connectivity index (χ4n) is 4.63. The number of halogens is 1. The molecule has 1 aliphatic rings. The van der Waals surface area contributed by atoms with Crippen LogP contribution in [0.5, 0.6) is 5.75 Å². The number of aromatic nitrogens is 2. The number of hydrogen-bond acceptors (Lipinski definition) is 7. The van der Waals surface area contributed by atoms with Crippen LogP contribution in [0.1, 0.15) is 53.7 Å². The number of carbonyl (C=O) groups is 3. The van der Waals surface area contributed by atoms with Gasteiger partial charge in [-0.3, -0.25) is 9.59 Å². The van der Waals surface area contributed by atoms with Crippen LogP contribution in [0.4, 0.5) is 0 Å². The van der Waals surface area contributed by atoms with Gasteiger partial charge in [0.05, 0.1) is 12.3 Å². The van der Waals surface area contributed by atoms with Crippen LogP contribution in [0.3, 0.4) is 0 Å². The minimum Gasteiger partial charge on any atom is -0.484 e. The van der Waals surface area contributed by atoms with Crippen LogP contribution in [-0.2, 0) is 16.0 Å². The highest BCUT2D eigenvalue weighted by Gasteiger charge is 2.34. The number of hydrogen-bond donors (Lipinski definition) is 0. The first-order chi connectivity index (χ1) is 19.3. The Kier molecular flexibility index (Phi) is 9.71. The first kappa shape index (κ1) is 29.0. The lowest BCUT2D eigenvalue weighted by Gasteiger charge is -2.39. The first-order valence-corrected chi connectivity index (χ1v) is 13.8. The molecule has 1 fully saturated rings. The van der Waals surface area contributed by atoms with Crippen LogP contribution in [0, 0.1) is 0 Å². The largest absolute Gasteiger partial charge is 0.484 e. The van der Waals surface area contributed by atoms with E-state index < -0.39 is 11.9 Å². The molecule has 1 aromatic heterocycles. The van der Waals surface area contributed by atoms with Crippen LogP contribution >= 0.6 is 11.6 Å². The lowest BCUT2D eigenvalue weighted by atomic mass is 10.0. The molecule has 1 atom stereocenters. The van der Waals surface area contributed by atoms with Gasteiger partial charge in [0.15, 0.2) is 12.4 Å². The van der Waals surface area contributed by atoms with Crippen LogP contribution < -0.4 is 4.74 Å². The summed E-state index contributed by atoms with van der Waals surface area (Å²) in [5, 5.41) is 0.584. The molecule has 0 spiro atoms. The monoisotopic (exact) mass is 564 g/mol. The summed E-state index contributed by atoms with van der Waals surface area (Å²) in [7, 11) is 0. The molecular formula is C30H33ClN4O5. The minimum absolute atomic E-state index is 0.0220. The average Bonchev–Trinajstić information content (AvgIpc) is 2.96. The molecule has 0 bridgehead atoms. The van der Waals surface area contributed by atoms with Crippen molar-refractivity contribution in [2.24, 2.45) is 0 Å². The Labute approximate surface area is 239 Å². The van der Waals surface area contributed by atoms with Crippen LogP contribution in [0.15, 0.2) is 54.6 Å². The van der Waals surface area contributed by atoms with Crippen molar-refractivity contribution in [3.05, 3.63) is 76.6 Å². The highest BCUT2D eigenvalue weighted by atomic mass is 35.5. The maximum Gasteiger partial charge on any atom is 0.342 e. The van der Waals surface area contributed by atoms with Gasteiger partial charge in [-0.15, -0.1) is 0 Å². The molecule has 0 radical (unpaired) electrons. The highest BCUT2D eigenvalue weighted by Crippen LogP contribution is 2.24. The number of benzene rings is 2. The summed E-state index contributed by atoms with van der Waals surface area (Å²) in [6, 6.07) is 15.9. The third-order valence-corrected chi connectivity index (χ3v) is 6.85. The fraction of sp³-hybridized carbons (Fsp3) is 0.367. The van der Waals surface area contributed by atoms with Gasteiger partial charge in [0.1, 0.15) is 17.0 Å². The van der Waals surface area contributed by atoms with E-state index in [1.807, 2.05) is 44.2 Å². The normalized spacial score (nSPS) is 15.1. The number of piperazine rings is 1. The molecule has 2 aromatic carbocycles. The number of nitrogens with zero attached hydrogens (tertiary/aromatic N) is 4. The van der Waals surface area contributed by atoms with Crippen LogP contribution in [-0.4, -0.2) is 76.4 Å². The van der Waals surface area contributed by atoms with Gasteiger partial charge < -0.3 is 19.3 Å². The molecule has 4 rings (SSSR count). The highest BCUT2D eigenvalue weighted by molar-refractivity contribution is 6.30. The van der Waals surface area contributed by atoms with Crippen LogP contribution in [0.25, 0.3) is 11.4 Å². The van der Waals surface area contributed by atoms with Gasteiger partial charge in [-0.2, -0.15) is 0 Å². The van der Waals surface area contributed by atoms with E-state index >= 15 is 0 Å². The van der Waals surface area contributed by atoms with Crippen molar-refractivity contribution in [2.45, 2.75) is 39.7 Å². The molecule has 1 unspecified atom stereocenters. The second-order valence-electron chi connectivity index (χ2n) is 9.48. The Morgan fingerprint density at radius 3 is 2.38 bits per heavy atom. The van der Waals surface area contributed by atoms with E-state index in [4.69, 9.17) is 21.1 Å². The fourth-order valence-corrected chi connectivity index (χ4v) is 4.76. The molecule has 1 aliphatic heterocycles. The van der Waals surface area contributed by atoms with Crippen molar-refractivity contribution < 1.29 is 23.9 Å². The first-order valence-electron chi connectivity index (χ1n) is 13.4. The molecule has 1 saturated heterocycles. The predicted octanol–water partition coefficient (Wildman–Crippen LogP) is 4.68.